The Kier molecular flexibility index (Phi) is 4.85. The molecule has 2 aromatic rings. The lowest BCUT2D eigenvalue weighted by atomic mass is 10.2. The molecule has 0 bridgehead atoms. The summed E-state index contributed by atoms with van der Waals surface area (Å²) in [7, 11) is 0. The van der Waals surface area contributed by atoms with Gasteiger partial charge in [0.1, 0.15) is 11.9 Å². The van der Waals surface area contributed by atoms with Gasteiger partial charge in [0, 0.05) is 29.5 Å². The number of aliphatic carboxylic acids is 1. The van der Waals surface area contributed by atoms with E-state index in [1.165, 1.54) is 19.1 Å². The van der Waals surface area contributed by atoms with Crippen LogP contribution in [0.15, 0.2) is 30.3 Å². The van der Waals surface area contributed by atoms with Gasteiger partial charge in [-0.2, -0.15) is 0 Å². The Morgan fingerprint density at radius 2 is 2.00 bits per heavy atom. The number of benzene rings is 1. The molecular weight excluding hydrogens is 300 g/mol. The summed E-state index contributed by atoms with van der Waals surface area (Å²) in [6.07, 6.45) is 0.651. The minimum absolute atomic E-state index is 0.0155. The van der Waals surface area contributed by atoms with Gasteiger partial charge in [0.25, 0.3) is 5.69 Å². The molecule has 2 rings (SSSR count). The normalized spacial score (nSPS) is 11.7. The minimum atomic E-state index is -0.987. The Labute approximate surface area is 132 Å². The molecule has 0 aliphatic carbocycles. The molecule has 0 radical (unpaired) electrons. The van der Waals surface area contributed by atoms with Crippen LogP contribution in [0.2, 0.25) is 0 Å². The number of rotatable bonds is 6. The molecule has 23 heavy (non-hydrogen) atoms. The second-order valence-corrected chi connectivity index (χ2v) is 4.93. The van der Waals surface area contributed by atoms with Gasteiger partial charge in [-0.25, -0.2) is 9.97 Å². The van der Waals surface area contributed by atoms with Gasteiger partial charge in [0.15, 0.2) is 5.82 Å². The fraction of sp³-hybridized carbons (Fsp3) is 0.267. The number of nitrogens with one attached hydrogen (secondary N) is 1. The quantitative estimate of drug-likeness (QED) is 0.620. The van der Waals surface area contributed by atoms with Crippen LogP contribution in [0, 0.1) is 10.1 Å². The van der Waals surface area contributed by atoms with Crippen molar-refractivity contribution in [1.82, 2.24) is 9.97 Å². The molecule has 0 saturated heterocycles. The summed E-state index contributed by atoms with van der Waals surface area (Å²) in [4.78, 5) is 29.8. The summed E-state index contributed by atoms with van der Waals surface area (Å²) in [6.45, 7) is 3.44. The van der Waals surface area contributed by atoms with E-state index in [4.69, 9.17) is 5.11 Å². The lowest BCUT2D eigenvalue weighted by molar-refractivity contribution is -0.384. The van der Waals surface area contributed by atoms with Gasteiger partial charge in [-0.05, 0) is 25.5 Å². The summed E-state index contributed by atoms with van der Waals surface area (Å²) in [5, 5.41) is 22.5. The van der Waals surface area contributed by atoms with E-state index in [0.717, 1.165) is 5.69 Å². The van der Waals surface area contributed by atoms with Gasteiger partial charge in [0.05, 0.1) is 4.92 Å². The van der Waals surface area contributed by atoms with E-state index >= 15 is 0 Å². The second-order valence-electron chi connectivity index (χ2n) is 4.93. The van der Waals surface area contributed by atoms with E-state index in [-0.39, 0.29) is 5.69 Å². The van der Waals surface area contributed by atoms with Crippen LogP contribution in [0.25, 0.3) is 11.4 Å². The second kappa shape index (κ2) is 6.82. The van der Waals surface area contributed by atoms with E-state index in [1.807, 2.05) is 6.92 Å². The lowest BCUT2D eigenvalue weighted by Gasteiger charge is -2.12. The third-order valence-electron chi connectivity index (χ3n) is 3.21. The number of aromatic nitrogens is 2. The van der Waals surface area contributed by atoms with Crippen LogP contribution in [0.3, 0.4) is 0 Å². The number of nitrogens with zero attached hydrogens (tertiary/aromatic N) is 3. The predicted octanol–water partition coefficient (Wildman–Crippen LogP) is 2.50. The zero-order chi connectivity index (χ0) is 17.0. The van der Waals surface area contributed by atoms with E-state index < -0.39 is 16.9 Å². The van der Waals surface area contributed by atoms with Gasteiger partial charge in [0.2, 0.25) is 0 Å². The molecule has 0 fully saturated rings. The first kappa shape index (κ1) is 16.3. The Hall–Kier alpha value is -3.03. The fourth-order valence-corrected chi connectivity index (χ4v) is 1.90. The van der Waals surface area contributed by atoms with Gasteiger partial charge >= 0.3 is 5.97 Å². The molecule has 0 spiro atoms. The Bertz CT molecular complexity index is 731. The van der Waals surface area contributed by atoms with Crippen molar-refractivity contribution in [3.05, 3.63) is 46.1 Å². The van der Waals surface area contributed by atoms with E-state index in [9.17, 15) is 14.9 Å². The summed E-state index contributed by atoms with van der Waals surface area (Å²) in [6, 6.07) is 6.79. The average Bonchev–Trinajstić information content (AvgIpc) is 2.54. The molecule has 8 nitrogen and oxygen atoms in total. The van der Waals surface area contributed by atoms with E-state index in [2.05, 4.69) is 15.3 Å². The van der Waals surface area contributed by atoms with Crippen molar-refractivity contribution in [3.8, 4) is 11.4 Å². The number of nitro groups is 1. The number of nitro benzene ring substituents is 1. The molecule has 0 amide bonds. The van der Waals surface area contributed by atoms with Crippen LogP contribution >= 0.6 is 0 Å². The first-order chi connectivity index (χ1) is 10.9. The molecule has 8 heteroatoms. The standard InChI is InChI=1S/C15H16N4O4/c1-3-11-8-13(16-9(2)15(20)21)18-14(17-11)10-4-6-12(7-5-10)19(22)23/h4-9H,3H2,1-2H3,(H,20,21)(H,16,17,18)/t9-/m0/s1. The molecule has 1 atom stereocenters. The predicted molar refractivity (Wildman–Crippen MR) is 84.2 cm³/mol. The third kappa shape index (κ3) is 4.00. The van der Waals surface area contributed by atoms with Crippen molar-refractivity contribution in [1.29, 1.82) is 0 Å². The van der Waals surface area contributed by atoms with Crippen LogP contribution in [0.4, 0.5) is 11.5 Å². The topological polar surface area (TPSA) is 118 Å². The van der Waals surface area contributed by atoms with Crippen molar-refractivity contribution in [2.24, 2.45) is 0 Å². The Balaban J connectivity index is 2.37. The number of hydrogen-bond acceptors (Lipinski definition) is 6. The largest absolute Gasteiger partial charge is 0.480 e. The SMILES string of the molecule is CCc1cc(N[C@@H](C)C(=O)O)nc(-c2ccc([N+](=O)[O-])cc2)n1. The number of non-ortho nitro benzene ring substituents is 1. The average molecular weight is 316 g/mol. The van der Waals surface area contributed by atoms with Crippen LogP contribution in [0.5, 0.6) is 0 Å². The monoisotopic (exact) mass is 316 g/mol. The van der Waals surface area contributed by atoms with Crippen molar-refractivity contribution < 1.29 is 14.8 Å². The smallest absolute Gasteiger partial charge is 0.325 e. The summed E-state index contributed by atoms with van der Waals surface area (Å²) in [5.74, 6) is -0.196. The van der Waals surface area contributed by atoms with Crippen molar-refractivity contribution in [3.63, 3.8) is 0 Å². The minimum Gasteiger partial charge on any atom is -0.480 e. The highest BCUT2D eigenvalue weighted by atomic mass is 16.6. The Morgan fingerprint density at radius 1 is 1.35 bits per heavy atom. The summed E-state index contributed by atoms with van der Waals surface area (Å²) < 4.78 is 0. The number of hydrogen-bond donors (Lipinski definition) is 2. The maximum atomic E-state index is 10.9. The highest BCUT2D eigenvalue weighted by Gasteiger charge is 2.14. The van der Waals surface area contributed by atoms with Gasteiger partial charge in [-0.3, -0.25) is 14.9 Å². The van der Waals surface area contributed by atoms with Gasteiger partial charge < -0.3 is 10.4 Å². The van der Waals surface area contributed by atoms with Gasteiger partial charge in [-0.15, -0.1) is 0 Å². The molecule has 0 unspecified atom stereocenters. The number of carboxylic acid groups (broad SMARTS) is 1. The number of carbonyl (C=O) groups is 1. The molecule has 0 aliphatic heterocycles. The fourth-order valence-electron chi connectivity index (χ4n) is 1.90. The number of carboxylic acids is 1. The molecule has 1 heterocycles. The van der Waals surface area contributed by atoms with Gasteiger partial charge in [-0.1, -0.05) is 6.92 Å². The molecule has 0 saturated carbocycles. The molecule has 0 aliphatic rings. The molecule has 2 N–H and O–H groups in total. The van der Waals surface area contributed by atoms with Crippen LogP contribution in [-0.4, -0.2) is 32.0 Å². The molecule has 1 aromatic heterocycles. The van der Waals surface area contributed by atoms with Crippen molar-refractivity contribution in [2.75, 3.05) is 5.32 Å². The van der Waals surface area contributed by atoms with Crippen LogP contribution in [-0.2, 0) is 11.2 Å². The maximum absolute atomic E-state index is 10.9. The summed E-state index contributed by atoms with van der Waals surface area (Å²) in [5.41, 5.74) is 1.35. The maximum Gasteiger partial charge on any atom is 0.325 e. The lowest BCUT2D eigenvalue weighted by Crippen LogP contribution is -2.26. The van der Waals surface area contributed by atoms with Crippen molar-refractivity contribution in [2.45, 2.75) is 26.3 Å². The molecule has 120 valence electrons. The zero-order valence-electron chi connectivity index (χ0n) is 12.7. The number of anilines is 1. The molecular formula is C15H16N4O4. The van der Waals surface area contributed by atoms with Crippen LogP contribution in [0.1, 0.15) is 19.5 Å². The zero-order valence-corrected chi connectivity index (χ0v) is 12.7. The van der Waals surface area contributed by atoms with E-state index in [0.29, 0.717) is 23.6 Å². The number of aryl methyl sites for hydroxylation is 1. The van der Waals surface area contributed by atoms with Crippen molar-refractivity contribution >= 4 is 17.5 Å². The summed E-state index contributed by atoms with van der Waals surface area (Å²) >= 11 is 0. The van der Waals surface area contributed by atoms with Crippen LogP contribution < -0.4 is 5.32 Å². The third-order valence-corrected chi connectivity index (χ3v) is 3.21. The Morgan fingerprint density at radius 3 is 2.52 bits per heavy atom. The first-order valence-electron chi connectivity index (χ1n) is 7.02. The highest BCUT2D eigenvalue weighted by molar-refractivity contribution is 5.76. The molecule has 1 aromatic carbocycles. The highest BCUT2D eigenvalue weighted by Crippen LogP contribution is 2.21. The van der Waals surface area contributed by atoms with E-state index in [1.54, 1.807) is 18.2 Å². The first-order valence-corrected chi connectivity index (χ1v) is 7.02.